The Bertz CT molecular complexity index is 856. The van der Waals surface area contributed by atoms with Crippen molar-refractivity contribution in [2.45, 2.75) is 25.3 Å². The van der Waals surface area contributed by atoms with E-state index in [9.17, 15) is 24.0 Å². The van der Waals surface area contributed by atoms with Crippen LogP contribution < -0.4 is 10.1 Å². The first kappa shape index (κ1) is 25.0. The van der Waals surface area contributed by atoms with E-state index in [0.29, 0.717) is 6.29 Å². The second-order valence-corrected chi connectivity index (χ2v) is 6.94. The molecule has 0 aliphatic carbocycles. The topological polar surface area (TPSA) is 149 Å². The van der Waals surface area contributed by atoms with Crippen LogP contribution in [0.3, 0.4) is 0 Å². The Kier molecular flexibility index (Phi) is 9.76. The zero-order chi connectivity index (χ0) is 23.5. The van der Waals surface area contributed by atoms with Crippen molar-refractivity contribution >= 4 is 30.0 Å². The predicted octanol–water partition coefficient (Wildman–Crippen LogP) is 0.263. The highest BCUT2D eigenvalue weighted by atomic mass is 16.5. The molecule has 3 amide bonds. The van der Waals surface area contributed by atoms with Gasteiger partial charge in [-0.3, -0.25) is 29.3 Å². The standard InChI is InChI=1S/C21H26N2O9/c1-23(16-5-6-18(25)22-20(16)28)21(29)14-3-2-4-17(15(14)13-24)32-12-11-31-10-9-30-8-7-19(26)27/h2-4,13,16H,5-12H2,1H3,(H,26,27)(H,22,25,28). The van der Waals surface area contributed by atoms with Crippen LogP contribution in [-0.2, 0) is 23.9 Å². The minimum Gasteiger partial charge on any atom is -0.490 e. The molecule has 0 aromatic heterocycles. The number of aliphatic carboxylic acids is 1. The van der Waals surface area contributed by atoms with E-state index < -0.39 is 23.8 Å². The van der Waals surface area contributed by atoms with Crippen LogP contribution >= 0.6 is 0 Å². The second kappa shape index (κ2) is 12.5. The summed E-state index contributed by atoms with van der Waals surface area (Å²) in [7, 11) is 1.44. The van der Waals surface area contributed by atoms with Gasteiger partial charge in [0, 0.05) is 13.5 Å². The Morgan fingerprint density at radius 2 is 1.84 bits per heavy atom. The maximum Gasteiger partial charge on any atom is 0.305 e. The lowest BCUT2D eigenvalue weighted by Crippen LogP contribution is -2.53. The average molecular weight is 450 g/mol. The molecule has 1 fully saturated rings. The zero-order valence-electron chi connectivity index (χ0n) is 17.7. The monoisotopic (exact) mass is 450 g/mol. The van der Waals surface area contributed by atoms with Crippen molar-refractivity contribution < 1.29 is 43.3 Å². The normalized spacial score (nSPS) is 15.7. The third kappa shape index (κ3) is 7.13. The molecular weight excluding hydrogens is 424 g/mol. The van der Waals surface area contributed by atoms with E-state index in [4.69, 9.17) is 19.3 Å². The Labute approximate surface area is 184 Å². The molecule has 0 saturated carbocycles. The van der Waals surface area contributed by atoms with Crippen molar-refractivity contribution in [3.63, 3.8) is 0 Å². The molecule has 2 N–H and O–H groups in total. The number of carbonyl (C=O) groups excluding carboxylic acids is 4. The minimum atomic E-state index is -0.936. The summed E-state index contributed by atoms with van der Waals surface area (Å²) in [5.74, 6) is -2.22. The van der Waals surface area contributed by atoms with Gasteiger partial charge in [0.1, 0.15) is 18.4 Å². The number of nitrogens with one attached hydrogen (secondary N) is 1. The van der Waals surface area contributed by atoms with Crippen LogP contribution in [0.15, 0.2) is 18.2 Å². The maximum absolute atomic E-state index is 12.9. The number of benzene rings is 1. The van der Waals surface area contributed by atoms with Crippen molar-refractivity contribution in [2.75, 3.05) is 40.1 Å². The van der Waals surface area contributed by atoms with Gasteiger partial charge in [-0.2, -0.15) is 0 Å². The molecule has 0 spiro atoms. The highest BCUT2D eigenvalue weighted by Gasteiger charge is 2.33. The van der Waals surface area contributed by atoms with Crippen molar-refractivity contribution in [2.24, 2.45) is 0 Å². The molecule has 1 aliphatic heterocycles. The first-order chi connectivity index (χ1) is 15.3. The van der Waals surface area contributed by atoms with Crippen molar-refractivity contribution in [1.29, 1.82) is 0 Å². The molecule has 1 unspecified atom stereocenters. The van der Waals surface area contributed by atoms with E-state index in [0.717, 1.165) is 0 Å². The molecule has 11 heteroatoms. The summed E-state index contributed by atoms with van der Waals surface area (Å²) in [5, 5.41) is 10.7. The van der Waals surface area contributed by atoms with Gasteiger partial charge in [-0.15, -0.1) is 0 Å². The summed E-state index contributed by atoms with van der Waals surface area (Å²) in [5.41, 5.74) is 0.131. The number of rotatable bonds is 13. The van der Waals surface area contributed by atoms with E-state index in [1.807, 2.05) is 0 Å². The van der Waals surface area contributed by atoms with E-state index in [-0.39, 0.29) is 75.1 Å². The Balaban J connectivity index is 1.88. The summed E-state index contributed by atoms with van der Waals surface area (Å²) >= 11 is 0. The summed E-state index contributed by atoms with van der Waals surface area (Å²) < 4.78 is 16.0. The number of nitrogens with zero attached hydrogens (tertiary/aromatic N) is 1. The number of carboxylic acid groups (broad SMARTS) is 1. The zero-order valence-corrected chi connectivity index (χ0v) is 17.7. The van der Waals surface area contributed by atoms with Gasteiger partial charge in [0.15, 0.2) is 6.29 Å². The van der Waals surface area contributed by atoms with E-state index in [1.165, 1.54) is 18.0 Å². The first-order valence-corrected chi connectivity index (χ1v) is 10.0. The number of imide groups is 1. The summed E-state index contributed by atoms with van der Waals surface area (Å²) in [4.78, 5) is 59.5. The highest BCUT2D eigenvalue weighted by molar-refractivity contribution is 6.06. The Morgan fingerprint density at radius 3 is 2.50 bits per heavy atom. The minimum absolute atomic E-state index is 0.0497. The quantitative estimate of drug-likeness (QED) is 0.245. The number of carbonyl (C=O) groups is 5. The van der Waals surface area contributed by atoms with Crippen LogP contribution in [0.4, 0.5) is 0 Å². The molecular formula is C21H26N2O9. The summed E-state index contributed by atoms with van der Waals surface area (Å²) in [6.07, 6.45) is 0.766. The fraction of sp³-hybridized carbons (Fsp3) is 0.476. The lowest BCUT2D eigenvalue weighted by Gasteiger charge is -2.30. The predicted molar refractivity (Wildman–Crippen MR) is 109 cm³/mol. The van der Waals surface area contributed by atoms with Crippen LogP contribution in [0.2, 0.25) is 0 Å². The van der Waals surface area contributed by atoms with Gasteiger partial charge >= 0.3 is 5.97 Å². The summed E-state index contributed by atoms with van der Waals surface area (Å²) in [6, 6.07) is 3.76. The highest BCUT2D eigenvalue weighted by Crippen LogP contribution is 2.23. The fourth-order valence-corrected chi connectivity index (χ4v) is 3.05. The van der Waals surface area contributed by atoms with Crippen LogP contribution in [0.1, 0.15) is 40.0 Å². The fourth-order valence-electron chi connectivity index (χ4n) is 3.05. The molecule has 0 radical (unpaired) electrons. The number of likely N-dealkylation sites (N-methyl/N-ethyl adjacent to an activating group) is 1. The van der Waals surface area contributed by atoms with Gasteiger partial charge in [-0.25, -0.2) is 0 Å². The molecule has 1 aromatic rings. The van der Waals surface area contributed by atoms with Crippen LogP contribution in [0.5, 0.6) is 5.75 Å². The molecule has 11 nitrogen and oxygen atoms in total. The molecule has 1 heterocycles. The smallest absolute Gasteiger partial charge is 0.305 e. The largest absolute Gasteiger partial charge is 0.490 e. The third-order valence-corrected chi connectivity index (χ3v) is 4.73. The molecule has 1 atom stereocenters. The van der Waals surface area contributed by atoms with E-state index >= 15 is 0 Å². The van der Waals surface area contributed by atoms with Gasteiger partial charge in [0.25, 0.3) is 5.91 Å². The van der Waals surface area contributed by atoms with Gasteiger partial charge < -0.3 is 24.2 Å². The SMILES string of the molecule is CN(C(=O)c1cccc(OCCOCCOCCC(=O)O)c1C=O)C1CCC(=O)NC1=O. The number of hydrogen-bond acceptors (Lipinski definition) is 8. The number of hydrogen-bond donors (Lipinski definition) is 2. The lowest BCUT2D eigenvalue weighted by atomic mass is 10.0. The number of ether oxygens (including phenoxy) is 3. The second-order valence-electron chi connectivity index (χ2n) is 6.94. The molecule has 1 aliphatic rings. The van der Waals surface area contributed by atoms with Crippen LogP contribution in [-0.4, -0.2) is 86.1 Å². The molecule has 1 saturated heterocycles. The number of piperidine rings is 1. The average Bonchev–Trinajstić information content (AvgIpc) is 2.76. The number of carboxylic acids is 1. The molecule has 174 valence electrons. The van der Waals surface area contributed by atoms with Crippen molar-refractivity contribution in [3.8, 4) is 5.75 Å². The summed E-state index contributed by atoms with van der Waals surface area (Å²) in [6.45, 7) is 0.889. The first-order valence-electron chi connectivity index (χ1n) is 10.0. The molecule has 32 heavy (non-hydrogen) atoms. The number of amides is 3. The van der Waals surface area contributed by atoms with Crippen molar-refractivity contribution in [1.82, 2.24) is 10.2 Å². The van der Waals surface area contributed by atoms with E-state index in [2.05, 4.69) is 5.32 Å². The lowest BCUT2D eigenvalue weighted by molar-refractivity contribution is -0.139. The molecule has 0 bridgehead atoms. The third-order valence-electron chi connectivity index (χ3n) is 4.73. The van der Waals surface area contributed by atoms with E-state index in [1.54, 1.807) is 12.1 Å². The van der Waals surface area contributed by atoms with Gasteiger partial charge in [0.2, 0.25) is 11.8 Å². The van der Waals surface area contributed by atoms with Crippen LogP contribution in [0, 0.1) is 0 Å². The van der Waals surface area contributed by atoms with Gasteiger partial charge in [0.05, 0.1) is 44.0 Å². The maximum atomic E-state index is 12.9. The van der Waals surface area contributed by atoms with Gasteiger partial charge in [-0.05, 0) is 18.6 Å². The van der Waals surface area contributed by atoms with Crippen LogP contribution in [0.25, 0.3) is 0 Å². The number of aldehydes is 1. The Hall–Kier alpha value is -3.31. The molecule has 1 aromatic carbocycles. The van der Waals surface area contributed by atoms with Crippen molar-refractivity contribution in [3.05, 3.63) is 29.3 Å². The Morgan fingerprint density at radius 1 is 1.16 bits per heavy atom. The molecule has 2 rings (SSSR count). The van der Waals surface area contributed by atoms with Gasteiger partial charge in [-0.1, -0.05) is 6.07 Å².